The Morgan fingerprint density at radius 3 is 1.65 bits per heavy atom. The van der Waals surface area contributed by atoms with Gasteiger partial charge >= 0.3 is 23.9 Å². The standard InChI is InChI=1S/C21H26N2O7.C17H18N2O6/c1-12(2)30-21(25)18-14(4)22-13(3)17(20(24)29-10-9-28-5)19(18)15-7-6-8-16(11-15)23(26)27;1-9-13(16(20)24-3)15(14(10(2)18-9)17(21)25-4)11-7-5-6-8-12(11)19(22)23/h6-8,11-12,19,22H,9-10H2,1-5H3;5-8,15,18H,1-4H3. The van der Waals surface area contributed by atoms with Crippen molar-refractivity contribution in [1.29, 1.82) is 0 Å². The summed E-state index contributed by atoms with van der Waals surface area (Å²) in [6.45, 7) is 10.3. The molecule has 2 aromatic rings. The molecule has 4 rings (SSSR count). The van der Waals surface area contributed by atoms with Crippen molar-refractivity contribution in [2.24, 2.45) is 0 Å². The Morgan fingerprint density at radius 2 is 1.18 bits per heavy atom. The average Bonchev–Trinajstić information content (AvgIpc) is 3.13. The highest BCUT2D eigenvalue weighted by Gasteiger charge is 2.41. The van der Waals surface area contributed by atoms with E-state index in [4.69, 9.17) is 23.7 Å². The molecular weight excluding hydrogens is 720 g/mol. The van der Waals surface area contributed by atoms with Crippen molar-refractivity contribution in [3.05, 3.63) is 125 Å². The molecule has 2 aliphatic rings. The Bertz CT molecular complexity index is 1960. The molecule has 2 aliphatic heterocycles. The Labute approximate surface area is 317 Å². The lowest BCUT2D eigenvalue weighted by atomic mass is 9.79. The van der Waals surface area contributed by atoms with Crippen LogP contribution < -0.4 is 10.6 Å². The number of nitrogens with zero attached hydrogens (tertiary/aromatic N) is 2. The second-order valence-electron chi connectivity index (χ2n) is 12.5. The number of carbonyl (C=O) groups is 4. The fourth-order valence-corrected chi connectivity index (χ4v) is 6.22. The highest BCUT2D eigenvalue weighted by atomic mass is 16.6. The molecule has 0 spiro atoms. The Kier molecular flexibility index (Phi) is 15.0. The van der Waals surface area contributed by atoms with Gasteiger partial charge in [0.15, 0.2) is 0 Å². The van der Waals surface area contributed by atoms with Gasteiger partial charge in [-0.25, -0.2) is 19.2 Å². The van der Waals surface area contributed by atoms with Crippen molar-refractivity contribution < 1.29 is 52.7 Å². The normalized spacial score (nSPS) is 15.7. The summed E-state index contributed by atoms with van der Waals surface area (Å²) in [6, 6.07) is 11.8. The number of allylic oxidation sites excluding steroid dienone is 4. The smallest absolute Gasteiger partial charge is 0.337 e. The Morgan fingerprint density at radius 1 is 0.673 bits per heavy atom. The fourth-order valence-electron chi connectivity index (χ4n) is 6.22. The van der Waals surface area contributed by atoms with Crippen LogP contribution in [0.15, 0.2) is 93.6 Å². The van der Waals surface area contributed by atoms with Crippen LogP contribution in [-0.4, -0.2) is 74.4 Å². The van der Waals surface area contributed by atoms with E-state index in [0.717, 1.165) is 0 Å². The zero-order valence-electron chi connectivity index (χ0n) is 32.0. The van der Waals surface area contributed by atoms with Crippen LogP contribution in [0, 0.1) is 20.2 Å². The van der Waals surface area contributed by atoms with Gasteiger partial charge in [0.25, 0.3) is 11.4 Å². The topological polar surface area (TPSA) is 225 Å². The van der Waals surface area contributed by atoms with Gasteiger partial charge in [0.1, 0.15) is 6.61 Å². The molecule has 0 aromatic heterocycles. The van der Waals surface area contributed by atoms with Crippen molar-refractivity contribution in [2.45, 2.75) is 59.5 Å². The minimum Gasteiger partial charge on any atom is -0.466 e. The van der Waals surface area contributed by atoms with Gasteiger partial charge in [0.2, 0.25) is 0 Å². The van der Waals surface area contributed by atoms with Gasteiger partial charge < -0.3 is 34.3 Å². The zero-order chi connectivity index (χ0) is 41.1. The molecule has 2 aromatic carbocycles. The predicted molar refractivity (Wildman–Crippen MR) is 197 cm³/mol. The number of dihydropyridines is 2. The second kappa shape index (κ2) is 19.1. The molecule has 0 saturated heterocycles. The number of benzene rings is 2. The number of carbonyl (C=O) groups excluding carboxylic acids is 4. The van der Waals surface area contributed by atoms with E-state index >= 15 is 0 Å². The van der Waals surface area contributed by atoms with Crippen LogP contribution in [0.5, 0.6) is 0 Å². The number of esters is 4. The molecule has 55 heavy (non-hydrogen) atoms. The summed E-state index contributed by atoms with van der Waals surface area (Å²) in [5.74, 6) is -4.46. The van der Waals surface area contributed by atoms with Crippen molar-refractivity contribution in [1.82, 2.24) is 10.6 Å². The minimum atomic E-state index is -0.970. The number of hydrogen-bond donors (Lipinski definition) is 2. The quantitative estimate of drug-likeness (QED) is 0.0938. The lowest BCUT2D eigenvalue weighted by Gasteiger charge is -2.30. The maximum Gasteiger partial charge on any atom is 0.337 e. The third kappa shape index (κ3) is 10.00. The third-order valence-electron chi connectivity index (χ3n) is 8.49. The molecule has 0 aliphatic carbocycles. The molecule has 1 atom stereocenters. The summed E-state index contributed by atoms with van der Waals surface area (Å²) < 4.78 is 25.3. The molecule has 0 fully saturated rings. The minimum absolute atomic E-state index is 0.0300. The third-order valence-corrected chi connectivity index (χ3v) is 8.49. The van der Waals surface area contributed by atoms with E-state index in [1.165, 1.54) is 57.7 Å². The fraction of sp³-hybridized carbons (Fsp3) is 0.368. The van der Waals surface area contributed by atoms with Crippen LogP contribution in [0.2, 0.25) is 0 Å². The first-order chi connectivity index (χ1) is 26.0. The highest BCUT2D eigenvalue weighted by molar-refractivity contribution is 6.01. The predicted octanol–water partition coefficient (Wildman–Crippen LogP) is 5.15. The molecule has 0 bridgehead atoms. The van der Waals surface area contributed by atoms with Gasteiger partial charge in [-0.1, -0.05) is 30.3 Å². The average molecular weight is 765 g/mol. The number of para-hydroxylation sites is 1. The largest absolute Gasteiger partial charge is 0.466 e. The number of non-ortho nitro benzene ring substituents is 1. The summed E-state index contributed by atoms with van der Waals surface area (Å²) in [4.78, 5) is 72.1. The van der Waals surface area contributed by atoms with E-state index < -0.39 is 45.6 Å². The molecule has 294 valence electrons. The number of methoxy groups -OCH3 is 3. The molecular formula is C38H44N4O13. The van der Waals surface area contributed by atoms with E-state index in [-0.39, 0.29) is 58.5 Å². The number of hydrogen-bond acceptors (Lipinski definition) is 15. The van der Waals surface area contributed by atoms with Crippen molar-refractivity contribution in [3.8, 4) is 0 Å². The molecule has 2 N–H and O–H groups in total. The number of nitro benzene ring substituents is 2. The number of ether oxygens (including phenoxy) is 5. The van der Waals surface area contributed by atoms with Crippen molar-refractivity contribution in [2.75, 3.05) is 34.5 Å². The molecule has 0 amide bonds. The Hall–Kier alpha value is -6.36. The molecule has 0 saturated carbocycles. The first kappa shape index (κ1) is 43.0. The van der Waals surface area contributed by atoms with Crippen LogP contribution in [-0.2, 0) is 42.9 Å². The summed E-state index contributed by atoms with van der Waals surface area (Å²) >= 11 is 0. The maximum atomic E-state index is 12.9. The highest BCUT2D eigenvalue weighted by Crippen LogP contribution is 2.43. The van der Waals surface area contributed by atoms with E-state index in [0.29, 0.717) is 28.4 Å². The molecule has 17 nitrogen and oxygen atoms in total. The van der Waals surface area contributed by atoms with E-state index in [1.807, 2.05) is 0 Å². The van der Waals surface area contributed by atoms with Crippen LogP contribution in [0.25, 0.3) is 0 Å². The number of rotatable bonds is 12. The molecule has 2 heterocycles. The summed E-state index contributed by atoms with van der Waals surface area (Å²) in [7, 11) is 3.91. The molecule has 17 heteroatoms. The SMILES string of the molecule is COC(=O)C1=C(C)NC(C)=C(C(=O)OC)C1c1ccccc1[N+](=O)[O-].COCCOC(=O)C1=C(C)NC(C)=C(C(=O)OC(C)C)C1c1cccc([N+](=O)[O-])c1. The van der Waals surface area contributed by atoms with Crippen LogP contribution in [0.1, 0.15) is 64.5 Å². The summed E-state index contributed by atoms with van der Waals surface area (Å²) in [6.07, 6.45) is -0.382. The number of nitrogens with one attached hydrogen (secondary N) is 2. The van der Waals surface area contributed by atoms with E-state index in [1.54, 1.807) is 53.7 Å². The van der Waals surface area contributed by atoms with E-state index in [2.05, 4.69) is 10.6 Å². The Balaban J connectivity index is 0.000000300. The molecule has 1 unspecified atom stereocenters. The van der Waals surface area contributed by atoms with Crippen LogP contribution in [0.3, 0.4) is 0 Å². The van der Waals surface area contributed by atoms with E-state index in [9.17, 15) is 39.4 Å². The van der Waals surface area contributed by atoms with Crippen molar-refractivity contribution >= 4 is 35.3 Å². The summed E-state index contributed by atoms with van der Waals surface area (Å²) in [5, 5.41) is 28.7. The van der Waals surface area contributed by atoms with Gasteiger partial charge in [-0.05, 0) is 47.1 Å². The van der Waals surface area contributed by atoms with Crippen LogP contribution >= 0.6 is 0 Å². The maximum absolute atomic E-state index is 12.9. The monoisotopic (exact) mass is 764 g/mol. The number of nitro groups is 2. The van der Waals surface area contributed by atoms with Gasteiger partial charge in [-0.2, -0.15) is 0 Å². The van der Waals surface area contributed by atoms with Gasteiger partial charge in [-0.3, -0.25) is 20.2 Å². The lowest BCUT2D eigenvalue weighted by molar-refractivity contribution is -0.385. The first-order valence-corrected chi connectivity index (χ1v) is 16.9. The first-order valence-electron chi connectivity index (χ1n) is 16.9. The van der Waals surface area contributed by atoms with Gasteiger partial charge in [0, 0.05) is 53.7 Å². The van der Waals surface area contributed by atoms with Crippen molar-refractivity contribution in [3.63, 3.8) is 0 Å². The lowest BCUT2D eigenvalue weighted by Crippen LogP contribution is -2.33. The molecule has 0 radical (unpaired) electrons. The summed E-state index contributed by atoms with van der Waals surface area (Å²) in [5.41, 5.74) is 2.85. The zero-order valence-corrected chi connectivity index (χ0v) is 32.0. The second-order valence-corrected chi connectivity index (χ2v) is 12.5. The van der Waals surface area contributed by atoms with Gasteiger partial charge in [0.05, 0.1) is 70.9 Å². The van der Waals surface area contributed by atoms with Crippen LogP contribution in [0.4, 0.5) is 11.4 Å². The van der Waals surface area contributed by atoms with Gasteiger partial charge in [-0.15, -0.1) is 0 Å².